The summed E-state index contributed by atoms with van der Waals surface area (Å²) in [6.07, 6.45) is 4.14. The monoisotopic (exact) mass is 279 g/mol. The van der Waals surface area contributed by atoms with Crippen molar-refractivity contribution in [3.63, 3.8) is 0 Å². The first-order valence-electron chi connectivity index (χ1n) is 6.43. The molecule has 0 aromatic heterocycles. The van der Waals surface area contributed by atoms with E-state index in [1.54, 1.807) is 19.2 Å². The van der Waals surface area contributed by atoms with Gasteiger partial charge in [0.05, 0.1) is 23.4 Å². The molecule has 0 aliphatic heterocycles. The first-order chi connectivity index (χ1) is 9.13. The highest BCUT2D eigenvalue weighted by molar-refractivity contribution is 6.33. The molecule has 1 saturated carbocycles. The van der Waals surface area contributed by atoms with Crippen LogP contribution in [0.3, 0.4) is 0 Å². The number of nitrogens with one attached hydrogen (secondary N) is 1. The van der Waals surface area contributed by atoms with E-state index >= 15 is 0 Å². The third kappa shape index (κ3) is 3.31. The van der Waals surface area contributed by atoms with Gasteiger partial charge < -0.3 is 15.8 Å². The zero-order valence-electron chi connectivity index (χ0n) is 10.9. The van der Waals surface area contributed by atoms with Crippen LogP contribution in [0.2, 0.25) is 5.02 Å². The Morgan fingerprint density at radius 2 is 2.05 bits per heavy atom. The van der Waals surface area contributed by atoms with Gasteiger partial charge in [-0.15, -0.1) is 0 Å². The molecule has 0 radical (unpaired) electrons. The van der Waals surface area contributed by atoms with E-state index in [-0.39, 0.29) is 0 Å². The van der Waals surface area contributed by atoms with Crippen LogP contribution in [0.15, 0.2) is 12.1 Å². The Bertz CT molecular complexity index is 490. The van der Waals surface area contributed by atoms with E-state index in [2.05, 4.69) is 11.4 Å². The maximum atomic E-state index is 8.99. The number of hydrogen-bond acceptors (Lipinski definition) is 4. The third-order valence-electron chi connectivity index (χ3n) is 3.54. The lowest BCUT2D eigenvalue weighted by molar-refractivity contribution is 0.408. The van der Waals surface area contributed by atoms with Gasteiger partial charge in [0.15, 0.2) is 0 Å². The second kappa shape index (κ2) is 6.14. The molecule has 3 N–H and O–H groups in total. The predicted molar refractivity (Wildman–Crippen MR) is 76.6 cm³/mol. The molecule has 1 fully saturated rings. The summed E-state index contributed by atoms with van der Waals surface area (Å²) >= 11 is 6.19. The van der Waals surface area contributed by atoms with Crippen LogP contribution in [0.5, 0.6) is 5.75 Å². The number of nitriles is 1. The third-order valence-corrected chi connectivity index (χ3v) is 3.85. The number of halogens is 1. The first kappa shape index (κ1) is 14.0. The van der Waals surface area contributed by atoms with Crippen LogP contribution in [0.4, 0.5) is 5.69 Å². The SMILES string of the molecule is COc1cc(N[C@H]2CC[C@H](N)CC2)c(Cl)cc1C#N. The van der Waals surface area contributed by atoms with Gasteiger partial charge in [0, 0.05) is 18.2 Å². The molecule has 5 heteroatoms. The second-order valence-corrected chi connectivity index (χ2v) is 5.31. The van der Waals surface area contributed by atoms with E-state index in [1.807, 2.05) is 0 Å². The molecule has 0 spiro atoms. The molecule has 0 heterocycles. The number of nitrogens with zero attached hydrogens (tertiary/aromatic N) is 1. The van der Waals surface area contributed by atoms with Crippen molar-refractivity contribution in [3.05, 3.63) is 22.7 Å². The normalized spacial score (nSPS) is 22.6. The average Bonchev–Trinajstić information content (AvgIpc) is 2.43. The predicted octanol–water partition coefficient (Wildman–Crippen LogP) is 2.90. The molecule has 0 bridgehead atoms. The number of benzene rings is 1. The lowest BCUT2D eigenvalue weighted by Crippen LogP contribution is -2.32. The standard InChI is InChI=1S/C14H18ClN3O/c1-19-14-7-13(12(15)6-9(14)8-16)18-11-4-2-10(17)3-5-11/h6-7,10-11,18H,2-5,17H2,1H3/t10-,11-. The molecule has 0 amide bonds. The number of anilines is 1. The Morgan fingerprint density at radius 3 is 2.63 bits per heavy atom. The van der Waals surface area contributed by atoms with E-state index in [1.165, 1.54) is 0 Å². The lowest BCUT2D eigenvalue weighted by Gasteiger charge is -2.28. The van der Waals surface area contributed by atoms with Gasteiger partial charge in [0.1, 0.15) is 11.8 Å². The summed E-state index contributed by atoms with van der Waals surface area (Å²) in [5.74, 6) is 0.543. The largest absolute Gasteiger partial charge is 0.495 e. The van der Waals surface area contributed by atoms with Gasteiger partial charge in [-0.25, -0.2) is 0 Å². The number of rotatable bonds is 3. The summed E-state index contributed by atoms with van der Waals surface area (Å²) in [6, 6.07) is 6.20. The zero-order valence-corrected chi connectivity index (χ0v) is 11.7. The van der Waals surface area contributed by atoms with Gasteiger partial charge >= 0.3 is 0 Å². The Hall–Kier alpha value is -1.44. The van der Waals surface area contributed by atoms with Crippen molar-refractivity contribution >= 4 is 17.3 Å². The highest BCUT2D eigenvalue weighted by Gasteiger charge is 2.19. The van der Waals surface area contributed by atoms with Crippen molar-refractivity contribution in [1.82, 2.24) is 0 Å². The fourth-order valence-electron chi connectivity index (χ4n) is 2.40. The molecule has 19 heavy (non-hydrogen) atoms. The van der Waals surface area contributed by atoms with Crippen molar-refractivity contribution in [3.8, 4) is 11.8 Å². The van der Waals surface area contributed by atoms with Crippen LogP contribution < -0.4 is 15.8 Å². The van der Waals surface area contributed by atoms with E-state index < -0.39 is 0 Å². The molecule has 4 nitrogen and oxygen atoms in total. The zero-order chi connectivity index (χ0) is 13.8. The molecule has 1 aliphatic rings. The van der Waals surface area contributed by atoms with E-state index in [0.29, 0.717) is 28.4 Å². The summed E-state index contributed by atoms with van der Waals surface area (Å²) in [5, 5.41) is 13.0. The maximum Gasteiger partial charge on any atom is 0.138 e. The Labute approximate surface area is 118 Å². The molecule has 0 saturated heterocycles. The molecule has 2 rings (SSSR count). The van der Waals surface area contributed by atoms with Crippen molar-refractivity contribution in [2.24, 2.45) is 5.73 Å². The Kier molecular flexibility index (Phi) is 4.52. The molecular weight excluding hydrogens is 262 g/mol. The topological polar surface area (TPSA) is 71.1 Å². The van der Waals surface area contributed by atoms with E-state index in [4.69, 9.17) is 27.3 Å². The summed E-state index contributed by atoms with van der Waals surface area (Å²) in [7, 11) is 1.55. The van der Waals surface area contributed by atoms with Crippen LogP contribution in [-0.4, -0.2) is 19.2 Å². The molecule has 1 aromatic rings. The van der Waals surface area contributed by atoms with E-state index in [9.17, 15) is 0 Å². The van der Waals surface area contributed by atoms with Crippen molar-refractivity contribution in [2.45, 2.75) is 37.8 Å². The fraction of sp³-hybridized carbons (Fsp3) is 0.500. The molecule has 1 aromatic carbocycles. The minimum atomic E-state index is 0.323. The van der Waals surface area contributed by atoms with Crippen LogP contribution in [-0.2, 0) is 0 Å². The lowest BCUT2D eigenvalue weighted by atomic mass is 9.91. The van der Waals surface area contributed by atoms with E-state index in [0.717, 1.165) is 31.4 Å². The van der Waals surface area contributed by atoms with Gasteiger partial charge in [-0.2, -0.15) is 5.26 Å². The summed E-state index contributed by atoms with van der Waals surface area (Å²) in [4.78, 5) is 0. The Morgan fingerprint density at radius 1 is 1.37 bits per heavy atom. The Balaban J connectivity index is 2.14. The average molecular weight is 280 g/mol. The van der Waals surface area contributed by atoms with Crippen LogP contribution in [0, 0.1) is 11.3 Å². The smallest absolute Gasteiger partial charge is 0.138 e. The minimum absolute atomic E-state index is 0.323. The van der Waals surface area contributed by atoms with Crippen molar-refractivity contribution in [2.75, 3.05) is 12.4 Å². The summed E-state index contributed by atoms with van der Waals surface area (Å²) in [6.45, 7) is 0. The van der Waals surface area contributed by atoms with Gasteiger partial charge in [-0.1, -0.05) is 11.6 Å². The number of ether oxygens (including phenoxy) is 1. The van der Waals surface area contributed by atoms with Gasteiger partial charge in [0.25, 0.3) is 0 Å². The quantitative estimate of drug-likeness (QED) is 0.892. The van der Waals surface area contributed by atoms with Crippen LogP contribution in [0.25, 0.3) is 0 Å². The number of methoxy groups -OCH3 is 1. The van der Waals surface area contributed by atoms with Gasteiger partial charge in [-0.3, -0.25) is 0 Å². The molecule has 0 atom stereocenters. The maximum absolute atomic E-state index is 8.99. The van der Waals surface area contributed by atoms with Crippen molar-refractivity contribution in [1.29, 1.82) is 5.26 Å². The number of hydrogen-bond donors (Lipinski definition) is 2. The first-order valence-corrected chi connectivity index (χ1v) is 6.81. The molecule has 102 valence electrons. The summed E-state index contributed by atoms with van der Waals surface area (Å²) < 4.78 is 5.20. The molecule has 1 aliphatic carbocycles. The highest BCUT2D eigenvalue weighted by atomic mass is 35.5. The van der Waals surface area contributed by atoms with Crippen LogP contribution in [0.1, 0.15) is 31.2 Å². The van der Waals surface area contributed by atoms with Crippen LogP contribution >= 0.6 is 11.6 Å². The minimum Gasteiger partial charge on any atom is -0.495 e. The second-order valence-electron chi connectivity index (χ2n) is 4.90. The van der Waals surface area contributed by atoms with Crippen molar-refractivity contribution < 1.29 is 4.74 Å². The van der Waals surface area contributed by atoms with Gasteiger partial charge in [0.2, 0.25) is 0 Å². The molecular formula is C14H18ClN3O. The summed E-state index contributed by atoms with van der Waals surface area (Å²) in [5.41, 5.74) is 7.16. The number of nitrogens with two attached hydrogens (primary N) is 1. The fourth-order valence-corrected chi connectivity index (χ4v) is 2.62. The van der Waals surface area contributed by atoms with Gasteiger partial charge in [-0.05, 0) is 31.7 Å². The highest BCUT2D eigenvalue weighted by Crippen LogP contribution is 2.32. The molecule has 0 unspecified atom stereocenters.